The van der Waals surface area contributed by atoms with Gasteiger partial charge in [-0.3, -0.25) is 9.79 Å². The first-order valence-corrected chi connectivity index (χ1v) is 10.7. The van der Waals surface area contributed by atoms with Gasteiger partial charge < -0.3 is 15.5 Å². The number of hydrogen-bond acceptors (Lipinski definition) is 3. The lowest BCUT2D eigenvalue weighted by atomic mass is 10.00. The molecule has 1 saturated heterocycles. The number of hydrogen-bond donors (Lipinski definition) is 2. The molecule has 2 atom stereocenters. The lowest BCUT2D eigenvalue weighted by Crippen LogP contribution is -2.43. The number of nitrogens with one attached hydrogen (secondary N) is 2. The van der Waals surface area contributed by atoms with Crippen molar-refractivity contribution in [2.24, 2.45) is 10.9 Å². The zero-order valence-electron chi connectivity index (χ0n) is 16.7. The number of likely N-dealkylation sites (tertiary alicyclic amines) is 1. The third kappa shape index (κ3) is 6.98. The first-order chi connectivity index (χ1) is 12.5. The molecule has 0 spiro atoms. The topological polar surface area (TPSA) is 56.7 Å². The Morgan fingerprint density at radius 2 is 2.27 bits per heavy atom. The molecule has 0 aliphatic carbocycles. The van der Waals surface area contributed by atoms with Gasteiger partial charge in [0.25, 0.3) is 0 Å². The minimum absolute atomic E-state index is 0.234. The van der Waals surface area contributed by atoms with Crippen LogP contribution in [0.3, 0.4) is 0 Å². The average Bonchev–Trinajstić information content (AvgIpc) is 2.99. The van der Waals surface area contributed by atoms with Gasteiger partial charge in [-0.1, -0.05) is 6.92 Å². The van der Waals surface area contributed by atoms with Crippen molar-refractivity contribution in [3.05, 3.63) is 21.9 Å². The van der Waals surface area contributed by atoms with Gasteiger partial charge in [0.2, 0.25) is 5.91 Å². The Labute approximate surface area is 162 Å². The highest BCUT2D eigenvalue weighted by molar-refractivity contribution is 7.11. The zero-order chi connectivity index (χ0) is 18.9. The van der Waals surface area contributed by atoms with E-state index in [9.17, 15) is 4.79 Å². The molecule has 1 aromatic heterocycles. The van der Waals surface area contributed by atoms with E-state index >= 15 is 0 Å². The molecule has 1 fully saturated rings. The predicted octanol–water partition coefficient (Wildman–Crippen LogP) is 3.19. The largest absolute Gasteiger partial charge is 0.357 e. The summed E-state index contributed by atoms with van der Waals surface area (Å²) in [5.74, 6) is 1.66. The lowest BCUT2D eigenvalue weighted by molar-refractivity contribution is -0.132. The third-order valence-corrected chi connectivity index (χ3v) is 5.66. The zero-order valence-corrected chi connectivity index (χ0v) is 17.5. The van der Waals surface area contributed by atoms with Gasteiger partial charge >= 0.3 is 0 Å². The van der Waals surface area contributed by atoms with Crippen molar-refractivity contribution < 1.29 is 4.79 Å². The second-order valence-corrected chi connectivity index (χ2v) is 8.73. The molecule has 6 heteroatoms. The number of carbonyl (C=O) groups excluding carboxylic acids is 1. The van der Waals surface area contributed by atoms with Crippen LogP contribution in [0.5, 0.6) is 0 Å². The maximum atomic E-state index is 12.4. The molecule has 2 N–H and O–H groups in total. The Kier molecular flexibility index (Phi) is 8.42. The molecule has 0 saturated carbocycles. The quantitative estimate of drug-likeness (QED) is 0.566. The third-order valence-electron chi connectivity index (χ3n) is 4.64. The fraction of sp³-hybridized carbons (Fsp3) is 0.700. The molecule has 1 aliphatic rings. The van der Waals surface area contributed by atoms with E-state index in [1.165, 1.54) is 16.2 Å². The molecule has 0 radical (unpaired) electrons. The second kappa shape index (κ2) is 10.6. The highest BCUT2D eigenvalue weighted by Gasteiger charge is 2.20. The number of aliphatic imine (C=N–C) groups is 1. The van der Waals surface area contributed by atoms with Crippen molar-refractivity contribution in [1.29, 1.82) is 0 Å². The first kappa shape index (κ1) is 20.7. The molecule has 5 nitrogen and oxygen atoms in total. The summed E-state index contributed by atoms with van der Waals surface area (Å²) in [5.41, 5.74) is 0. The van der Waals surface area contributed by atoms with Crippen molar-refractivity contribution in [2.45, 2.75) is 59.4 Å². The molecule has 1 aliphatic heterocycles. The molecule has 26 heavy (non-hydrogen) atoms. The van der Waals surface area contributed by atoms with Crippen LogP contribution in [0.4, 0.5) is 0 Å². The van der Waals surface area contributed by atoms with E-state index < -0.39 is 0 Å². The summed E-state index contributed by atoms with van der Waals surface area (Å²) in [6.07, 6.45) is 3.83. The highest BCUT2D eigenvalue weighted by atomic mass is 32.1. The number of rotatable bonds is 7. The summed E-state index contributed by atoms with van der Waals surface area (Å²) < 4.78 is 0. The summed E-state index contributed by atoms with van der Waals surface area (Å²) in [4.78, 5) is 21.7. The van der Waals surface area contributed by atoms with Crippen molar-refractivity contribution in [3.63, 3.8) is 0 Å². The Bertz CT molecular complexity index is 598. The Morgan fingerprint density at radius 3 is 2.92 bits per heavy atom. The smallest absolute Gasteiger partial charge is 0.224 e. The maximum Gasteiger partial charge on any atom is 0.224 e. The van der Waals surface area contributed by atoms with Crippen molar-refractivity contribution in [3.8, 4) is 0 Å². The molecule has 0 aromatic carbocycles. The van der Waals surface area contributed by atoms with Crippen molar-refractivity contribution in [2.75, 3.05) is 26.2 Å². The van der Waals surface area contributed by atoms with E-state index in [1.807, 2.05) is 16.2 Å². The fourth-order valence-corrected chi connectivity index (χ4v) is 4.36. The Balaban J connectivity index is 1.80. The van der Waals surface area contributed by atoms with Crippen LogP contribution in [0, 0.1) is 12.8 Å². The van der Waals surface area contributed by atoms with Crippen LogP contribution in [0.2, 0.25) is 0 Å². The molecule has 0 bridgehead atoms. The maximum absolute atomic E-state index is 12.4. The van der Waals surface area contributed by atoms with Gasteiger partial charge in [0.1, 0.15) is 0 Å². The first-order valence-electron chi connectivity index (χ1n) is 9.85. The van der Waals surface area contributed by atoms with Gasteiger partial charge in [0.05, 0.1) is 6.54 Å². The van der Waals surface area contributed by atoms with Crippen LogP contribution in [0.15, 0.2) is 17.1 Å². The van der Waals surface area contributed by atoms with E-state index in [2.05, 4.69) is 55.5 Å². The number of carbonyl (C=O) groups is 1. The van der Waals surface area contributed by atoms with E-state index in [0.717, 1.165) is 38.4 Å². The Morgan fingerprint density at radius 1 is 1.46 bits per heavy atom. The van der Waals surface area contributed by atoms with Crippen LogP contribution in [0.25, 0.3) is 0 Å². The van der Waals surface area contributed by atoms with Gasteiger partial charge in [-0.15, -0.1) is 11.3 Å². The SMILES string of the molecule is CCNC(=NCCC(=O)N1CCCC(C)C1)NC(C)Cc1ccc(C)s1. The van der Waals surface area contributed by atoms with Crippen LogP contribution in [0.1, 0.15) is 49.8 Å². The average molecular weight is 379 g/mol. The van der Waals surface area contributed by atoms with Crippen molar-refractivity contribution in [1.82, 2.24) is 15.5 Å². The van der Waals surface area contributed by atoms with Gasteiger partial charge in [-0.25, -0.2) is 0 Å². The molecular weight excluding hydrogens is 344 g/mol. The standard InChI is InChI=1S/C20H34N4OS/c1-5-21-20(23-16(3)13-18-9-8-17(4)26-18)22-11-10-19(25)24-12-6-7-15(2)14-24/h8-9,15-16H,5-7,10-14H2,1-4H3,(H2,21,22,23). The summed E-state index contributed by atoms with van der Waals surface area (Å²) >= 11 is 1.84. The van der Waals surface area contributed by atoms with E-state index in [4.69, 9.17) is 0 Å². The molecule has 1 aromatic rings. The highest BCUT2D eigenvalue weighted by Crippen LogP contribution is 2.17. The normalized spacial score (nSPS) is 19.3. The summed E-state index contributed by atoms with van der Waals surface area (Å²) in [7, 11) is 0. The van der Waals surface area contributed by atoms with Crippen LogP contribution in [-0.2, 0) is 11.2 Å². The predicted molar refractivity (Wildman–Crippen MR) is 111 cm³/mol. The minimum Gasteiger partial charge on any atom is -0.357 e. The van der Waals surface area contributed by atoms with Crippen LogP contribution >= 0.6 is 11.3 Å². The molecule has 2 rings (SSSR count). The molecule has 2 heterocycles. The number of aryl methyl sites for hydroxylation is 1. The number of piperidine rings is 1. The summed E-state index contributed by atoms with van der Waals surface area (Å²) in [5, 5.41) is 6.74. The van der Waals surface area contributed by atoms with Gasteiger partial charge in [-0.2, -0.15) is 0 Å². The van der Waals surface area contributed by atoms with Gasteiger partial charge in [-0.05, 0) is 51.7 Å². The van der Waals surface area contributed by atoms with E-state index in [-0.39, 0.29) is 5.91 Å². The number of guanidine groups is 1. The number of amides is 1. The number of thiophene rings is 1. The Hall–Kier alpha value is -1.56. The monoisotopic (exact) mass is 378 g/mol. The lowest BCUT2D eigenvalue weighted by Gasteiger charge is -2.30. The van der Waals surface area contributed by atoms with Gasteiger partial charge in [0.15, 0.2) is 5.96 Å². The van der Waals surface area contributed by atoms with Gasteiger partial charge in [0, 0.05) is 48.3 Å². The van der Waals surface area contributed by atoms with Crippen LogP contribution in [-0.4, -0.2) is 49.0 Å². The molecule has 146 valence electrons. The fourth-order valence-electron chi connectivity index (χ4n) is 3.34. The molecule has 2 unspecified atom stereocenters. The summed E-state index contributed by atoms with van der Waals surface area (Å²) in [6.45, 7) is 11.7. The second-order valence-electron chi connectivity index (χ2n) is 7.36. The van der Waals surface area contributed by atoms with Crippen molar-refractivity contribution >= 4 is 23.2 Å². The number of nitrogens with zero attached hydrogens (tertiary/aromatic N) is 2. The minimum atomic E-state index is 0.234. The van der Waals surface area contributed by atoms with Crippen LogP contribution < -0.4 is 10.6 Å². The van der Waals surface area contributed by atoms with E-state index in [0.29, 0.717) is 24.9 Å². The molecule has 1 amide bonds. The van der Waals surface area contributed by atoms with E-state index in [1.54, 1.807) is 0 Å². The summed E-state index contributed by atoms with van der Waals surface area (Å²) in [6, 6.07) is 4.66. The molecular formula is C20H34N4OS.